The summed E-state index contributed by atoms with van der Waals surface area (Å²) in [5.41, 5.74) is 8.89. The SMILES string of the molecule is CC(=O)NC1CC=C(C=O)OC1.CN.CO.N=CN. The lowest BCUT2D eigenvalue weighted by Gasteiger charge is -2.20. The van der Waals surface area contributed by atoms with Crippen LogP contribution in [-0.2, 0) is 14.3 Å². The molecule has 1 amide bonds. The van der Waals surface area contributed by atoms with Gasteiger partial charge in [0.05, 0.1) is 12.4 Å². The van der Waals surface area contributed by atoms with Gasteiger partial charge in [-0.2, -0.15) is 0 Å². The molecule has 1 rings (SSSR count). The summed E-state index contributed by atoms with van der Waals surface area (Å²) in [6, 6.07) is 0.00574. The van der Waals surface area contributed by atoms with Crippen molar-refractivity contribution in [3.05, 3.63) is 11.8 Å². The fourth-order valence-corrected chi connectivity index (χ4v) is 1.05. The van der Waals surface area contributed by atoms with Crippen molar-refractivity contribution < 1.29 is 19.4 Å². The first-order valence-electron chi connectivity index (χ1n) is 5.42. The maximum atomic E-state index is 10.6. The van der Waals surface area contributed by atoms with Gasteiger partial charge in [-0.3, -0.25) is 15.0 Å². The van der Waals surface area contributed by atoms with E-state index in [-0.39, 0.29) is 11.9 Å². The molecular formula is C11H24N4O4. The van der Waals surface area contributed by atoms with E-state index in [0.717, 1.165) is 13.4 Å². The molecule has 0 saturated heterocycles. The lowest BCUT2D eigenvalue weighted by Crippen LogP contribution is -2.38. The van der Waals surface area contributed by atoms with Gasteiger partial charge in [0.25, 0.3) is 0 Å². The molecule has 1 aliphatic rings. The molecule has 112 valence electrons. The predicted molar refractivity (Wildman–Crippen MR) is 73.5 cm³/mol. The van der Waals surface area contributed by atoms with Gasteiger partial charge in [0, 0.05) is 14.0 Å². The minimum absolute atomic E-state index is 0.00574. The van der Waals surface area contributed by atoms with Crippen LogP contribution in [0.15, 0.2) is 11.8 Å². The third-order valence-corrected chi connectivity index (χ3v) is 1.58. The number of carbonyl (C=O) groups excluding carboxylic acids is 2. The summed E-state index contributed by atoms with van der Waals surface area (Å²) in [7, 11) is 2.50. The Kier molecular flexibility index (Phi) is 21.6. The summed E-state index contributed by atoms with van der Waals surface area (Å²) >= 11 is 0. The van der Waals surface area contributed by atoms with E-state index < -0.39 is 0 Å². The van der Waals surface area contributed by atoms with E-state index in [1.807, 2.05) is 0 Å². The molecule has 0 bridgehead atoms. The zero-order valence-electron chi connectivity index (χ0n) is 11.6. The number of nitrogens with one attached hydrogen (secondary N) is 2. The third-order valence-electron chi connectivity index (χ3n) is 1.58. The first-order chi connectivity index (χ1) is 9.13. The van der Waals surface area contributed by atoms with Gasteiger partial charge < -0.3 is 26.6 Å². The molecule has 1 aliphatic heterocycles. The average Bonchev–Trinajstić information content (AvgIpc) is 2.44. The van der Waals surface area contributed by atoms with Gasteiger partial charge in [-0.25, -0.2) is 0 Å². The highest BCUT2D eigenvalue weighted by Crippen LogP contribution is 2.08. The highest BCUT2D eigenvalue weighted by atomic mass is 16.5. The molecule has 0 fully saturated rings. The molecule has 7 N–H and O–H groups in total. The second-order valence-electron chi connectivity index (χ2n) is 2.84. The first kappa shape index (κ1) is 22.3. The van der Waals surface area contributed by atoms with Gasteiger partial charge in [-0.15, -0.1) is 0 Å². The van der Waals surface area contributed by atoms with E-state index >= 15 is 0 Å². The molecule has 0 aliphatic carbocycles. The molecule has 0 saturated carbocycles. The van der Waals surface area contributed by atoms with Gasteiger partial charge >= 0.3 is 0 Å². The number of aliphatic hydroxyl groups excluding tert-OH is 1. The van der Waals surface area contributed by atoms with Crippen LogP contribution < -0.4 is 16.8 Å². The van der Waals surface area contributed by atoms with E-state index in [0.29, 0.717) is 25.1 Å². The van der Waals surface area contributed by atoms with E-state index in [4.69, 9.17) is 15.3 Å². The van der Waals surface area contributed by atoms with Crippen LogP contribution in [-0.4, -0.2) is 50.4 Å². The van der Waals surface area contributed by atoms with E-state index in [1.54, 1.807) is 6.08 Å². The van der Waals surface area contributed by atoms with Crippen LogP contribution in [0.2, 0.25) is 0 Å². The predicted octanol–water partition coefficient (Wildman–Crippen LogP) is -1.27. The number of aldehydes is 1. The first-order valence-corrected chi connectivity index (χ1v) is 5.42. The third kappa shape index (κ3) is 16.1. The minimum atomic E-state index is -0.0773. The monoisotopic (exact) mass is 276 g/mol. The van der Waals surface area contributed by atoms with Gasteiger partial charge in [-0.05, 0) is 19.5 Å². The fourth-order valence-electron chi connectivity index (χ4n) is 1.05. The Bertz CT molecular complexity index is 269. The summed E-state index contributed by atoms with van der Waals surface area (Å²) in [5, 5.41) is 15.6. The number of amides is 1. The van der Waals surface area contributed by atoms with Crippen molar-refractivity contribution in [2.24, 2.45) is 11.5 Å². The summed E-state index contributed by atoms with van der Waals surface area (Å²) in [4.78, 5) is 20.8. The maximum Gasteiger partial charge on any atom is 0.217 e. The van der Waals surface area contributed by atoms with Gasteiger partial charge in [-0.1, -0.05) is 0 Å². The van der Waals surface area contributed by atoms with Crippen molar-refractivity contribution in [3.63, 3.8) is 0 Å². The summed E-state index contributed by atoms with van der Waals surface area (Å²) in [6.45, 7) is 1.84. The molecule has 19 heavy (non-hydrogen) atoms. The largest absolute Gasteiger partial charge is 0.488 e. The van der Waals surface area contributed by atoms with Crippen molar-refractivity contribution in [2.75, 3.05) is 20.8 Å². The lowest BCUT2D eigenvalue weighted by atomic mass is 10.1. The second kappa shape index (κ2) is 18.4. The van der Waals surface area contributed by atoms with Crippen molar-refractivity contribution in [1.29, 1.82) is 5.41 Å². The van der Waals surface area contributed by atoms with E-state index in [1.165, 1.54) is 14.0 Å². The van der Waals surface area contributed by atoms with Crippen molar-refractivity contribution in [3.8, 4) is 0 Å². The lowest BCUT2D eigenvalue weighted by molar-refractivity contribution is -0.120. The smallest absolute Gasteiger partial charge is 0.217 e. The average molecular weight is 276 g/mol. The van der Waals surface area contributed by atoms with Crippen LogP contribution in [0.3, 0.4) is 0 Å². The number of carbonyl (C=O) groups is 2. The number of hydrogen-bond acceptors (Lipinski definition) is 6. The molecule has 8 nitrogen and oxygen atoms in total. The summed E-state index contributed by atoms with van der Waals surface area (Å²) in [5.74, 6) is 0.281. The molecule has 1 unspecified atom stereocenters. The summed E-state index contributed by atoms with van der Waals surface area (Å²) < 4.78 is 5.02. The Labute approximate surface area is 113 Å². The second-order valence-corrected chi connectivity index (χ2v) is 2.84. The molecule has 1 heterocycles. The molecule has 0 aromatic heterocycles. The van der Waals surface area contributed by atoms with Gasteiger partial charge in [0.15, 0.2) is 12.0 Å². The van der Waals surface area contributed by atoms with Crippen LogP contribution in [0.1, 0.15) is 13.3 Å². The number of hydrogen-bond donors (Lipinski definition) is 5. The highest BCUT2D eigenvalue weighted by molar-refractivity contribution is 5.73. The Morgan fingerprint density at radius 3 is 2.32 bits per heavy atom. The number of allylic oxidation sites excluding steroid dienone is 1. The van der Waals surface area contributed by atoms with Crippen molar-refractivity contribution in [1.82, 2.24) is 5.32 Å². The number of nitrogens with two attached hydrogens (primary N) is 2. The molecule has 0 spiro atoms. The van der Waals surface area contributed by atoms with E-state index in [2.05, 4.69) is 16.8 Å². The van der Waals surface area contributed by atoms with Crippen molar-refractivity contribution in [2.45, 2.75) is 19.4 Å². The standard InChI is InChI=1S/C8H11NO3.CH4N2.CH5N.CH4O/c1-6(11)9-7-2-3-8(4-10)12-5-7;2-1-3;2*1-2/h3-4,7H,2,5H2,1H3,(H,9,11);1H,(H3,2,3);2H2,1H3;2H,1H3. The van der Waals surface area contributed by atoms with E-state index in [9.17, 15) is 9.59 Å². The normalized spacial score (nSPS) is 15.2. The molecule has 8 heteroatoms. The van der Waals surface area contributed by atoms with Crippen LogP contribution in [0, 0.1) is 5.41 Å². The quantitative estimate of drug-likeness (QED) is 0.241. The molecule has 0 aromatic carbocycles. The number of aliphatic hydroxyl groups is 1. The fraction of sp³-hybridized carbons (Fsp3) is 0.545. The molecule has 0 aromatic rings. The Hall–Kier alpha value is -1.93. The molecular weight excluding hydrogens is 252 g/mol. The topological polar surface area (TPSA) is 152 Å². The van der Waals surface area contributed by atoms with Crippen molar-refractivity contribution >= 4 is 18.5 Å². The van der Waals surface area contributed by atoms with Crippen LogP contribution in [0.4, 0.5) is 0 Å². The number of rotatable bonds is 2. The Morgan fingerprint density at radius 2 is 2.05 bits per heavy atom. The van der Waals surface area contributed by atoms with Gasteiger partial charge in [0.2, 0.25) is 5.91 Å². The summed E-state index contributed by atoms with van der Waals surface area (Å²) in [6.07, 6.45) is 3.76. The minimum Gasteiger partial charge on any atom is -0.488 e. The van der Waals surface area contributed by atoms with Crippen LogP contribution >= 0.6 is 0 Å². The number of ether oxygens (including phenoxy) is 1. The zero-order valence-corrected chi connectivity index (χ0v) is 11.6. The highest BCUT2D eigenvalue weighted by Gasteiger charge is 2.14. The van der Waals surface area contributed by atoms with Crippen LogP contribution in [0.5, 0.6) is 0 Å². The van der Waals surface area contributed by atoms with Crippen LogP contribution in [0.25, 0.3) is 0 Å². The Morgan fingerprint density at radius 1 is 1.58 bits per heavy atom. The molecule has 1 atom stereocenters. The zero-order chi connectivity index (χ0) is 15.7. The Balaban J connectivity index is -0.000000313. The van der Waals surface area contributed by atoms with Gasteiger partial charge in [0.1, 0.15) is 6.61 Å². The maximum absolute atomic E-state index is 10.6. The molecule has 0 radical (unpaired) electrons.